The number of aromatic nitrogens is 2. The van der Waals surface area contributed by atoms with Crippen LogP contribution in [0, 0.1) is 0 Å². The van der Waals surface area contributed by atoms with E-state index >= 15 is 0 Å². The van der Waals surface area contributed by atoms with Gasteiger partial charge in [-0.1, -0.05) is 67.1 Å². The molecule has 1 aliphatic rings. The van der Waals surface area contributed by atoms with Gasteiger partial charge in [-0.05, 0) is 31.4 Å². The third-order valence-corrected chi connectivity index (χ3v) is 5.55. The van der Waals surface area contributed by atoms with Crippen LogP contribution in [0.1, 0.15) is 44.3 Å². The largest absolute Gasteiger partial charge is 0.426 e. The van der Waals surface area contributed by atoms with Crippen LogP contribution in [0.4, 0.5) is 13.2 Å². The predicted octanol–water partition coefficient (Wildman–Crippen LogP) is 7.63. The fraction of sp³-hybridized carbons (Fsp3) is 0.273. The number of hydrogen-bond donors (Lipinski definition) is 0. The second-order valence-corrected chi connectivity index (χ2v) is 7.33. The van der Waals surface area contributed by atoms with Crippen molar-refractivity contribution in [3.05, 3.63) is 64.8 Å². The van der Waals surface area contributed by atoms with Crippen molar-refractivity contribution < 1.29 is 17.7 Å². The van der Waals surface area contributed by atoms with Crippen molar-refractivity contribution in [1.82, 2.24) is 10.1 Å². The molecule has 2 heterocycles. The van der Waals surface area contributed by atoms with Gasteiger partial charge in [0.1, 0.15) is 4.88 Å². The lowest BCUT2D eigenvalue weighted by molar-refractivity contribution is -0.133. The van der Waals surface area contributed by atoms with Crippen LogP contribution >= 0.6 is 11.3 Å². The van der Waals surface area contributed by atoms with Crippen molar-refractivity contribution >= 4 is 16.9 Å². The van der Waals surface area contributed by atoms with Gasteiger partial charge in [0.05, 0.1) is 4.88 Å². The standard InChI is InChI=1S/C20H15F3N2OS.C2H6/c1-12-7-5-6-10-14(12)18-24-19(26-25-18)16-11-15(13-8-3-2-4-9-13)17(27-16)20(21,22)23;1-2/h2-4,6,8-11H,5,7H2,1H3;1-2H3. The summed E-state index contributed by atoms with van der Waals surface area (Å²) >= 11 is 0.620. The van der Waals surface area contributed by atoms with Gasteiger partial charge in [0.25, 0.3) is 5.89 Å². The molecular formula is C22H21F3N2OS. The number of hydrogen-bond acceptors (Lipinski definition) is 4. The van der Waals surface area contributed by atoms with Crippen LogP contribution in [0.2, 0.25) is 0 Å². The lowest BCUT2D eigenvalue weighted by atomic mass is 9.99. The smallest absolute Gasteiger partial charge is 0.333 e. The molecule has 3 nitrogen and oxygen atoms in total. The van der Waals surface area contributed by atoms with Gasteiger partial charge in [0, 0.05) is 11.1 Å². The van der Waals surface area contributed by atoms with E-state index in [1.165, 1.54) is 6.07 Å². The summed E-state index contributed by atoms with van der Waals surface area (Å²) in [5, 5.41) is 3.97. The Hall–Kier alpha value is -2.67. The van der Waals surface area contributed by atoms with Gasteiger partial charge in [0.15, 0.2) is 0 Å². The number of allylic oxidation sites excluding steroid dienone is 4. The van der Waals surface area contributed by atoms with E-state index in [0.29, 0.717) is 27.6 Å². The zero-order valence-corrected chi connectivity index (χ0v) is 17.2. The molecule has 0 atom stereocenters. The zero-order valence-electron chi connectivity index (χ0n) is 16.4. The molecule has 0 saturated heterocycles. The van der Waals surface area contributed by atoms with Crippen LogP contribution in [0.5, 0.6) is 0 Å². The monoisotopic (exact) mass is 418 g/mol. The summed E-state index contributed by atoms with van der Waals surface area (Å²) in [5.41, 5.74) is 2.63. The van der Waals surface area contributed by atoms with Crippen molar-refractivity contribution in [1.29, 1.82) is 0 Å². The molecule has 0 aliphatic heterocycles. The molecule has 0 saturated carbocycles. The Bertz CT molecular complexity index is 1030. The van der Waals surface area contributed by atoms with Crippen molar-refractivity contribution in [3.8, 4) is 21.9 Å². The van der Waals surface area contributed by atoms with E-state index in [0.717, 1.165) is 24.0 Å². The van der Waals surface area contributed by atoms with Crippen molar-refractivity contribution in [2.45, 2.75) is 39.8 Å². The van der Waals surface area contributed by atoms with Gasteiger partial charge in [-0.15, -0.1) is 11.3 Å². The van der Waals surface area contributed by atoms with Crippen molar-refractivity contribution in [3.63, 3.8) is 0 Å². The summed E-state index contributed by atoms with van der Waals surface area (Å²) in [6.07, 6.45) is 1.37. The lowest BCUT2D eigenvalue weighted by Gasteiger charge is -2.08. The van der Waals surface area contributed by atoms with E-state index < -0.39 is 11.1 Å². The third-order valence-electron chi connectivity index (χ3n) is 4.38. The highest BCUT2D eigenvalue weighted by atomic mass is 32.1. The molecule has 7 heteroatoms. The molecule has 29 heavy (non-hydrogen) atoms. The minimum absolute atomic E-state index is 0.0990. The number of nitrogens with zero attached hydrogens (tertiary/aromatic N) is 2. The maximum atomic E-state index is 13.5. The van der Waals surface area contributed by atoms with Crippen LogP contribution in [-0.4, -0.2) is 10.1 Å². The summed E-state index contributed by atoms with van der Waals surface area (Å²) < 4.78 is 45.9. The van der Waals surface area contributed by atoms with E-state index in [9.17, 15) is 13.2 Å². The zero-order chi connectivity index (χ0) is 21.0. The normalized spacial score (nSPS) is 14.0. The Morgan fingerprint density at radius 2 is 1.83 bits per heavy atom. The lowest BCUT2D eigenvalue weighted by Crippen LogP contribution is -2.03. The maximum absolute atomic E-state index is 13.5. The quantitative estimate of drug-likeness (QED) is 0.439. The van der Waals surface area contributed by atoms with E-state index in [-0.39, 0.29) is 11.5 Å². The molecule has 0 unspecified atom stereocenters. The highest BCUT2D eigenvalue weighted by molar-refractivity contribution is 7.16. The van der Waals surface area contributed by atoms with Gasteiger partial charge >= 0.3 is 6.18 Å². The molecule has 3 aromatic rings. The topological polar surface area (TPSA) is 38.9 Å². The Morgan fingerprint density at radius 3 is 2.48 bits per heavy atom. The minimum Gasteiger partial charge on any atom is -0.333 e. The molecule has 0 bridgehead atoms. The van der Waals surface area contributed by atoms with Crippen LogP contribution in [0.3, 0.4) is 0 Å². The number of alkyl halides is 3. The van der Waals surface area contributed by atoms with Gasteiger partial charge < -0.3 is 4.52 Å². The molecule has 0 N–H and O–H groups in total. The second kappa shape index (κ2) is 8.78. The van der Waals surface area contributed by atoms with Crippen molar-refractivity contribution in [2.24, 2.45) is 0 Å². The summed E-state index contributed by atoms with van der Waals surface area (Å²) in [5.74, 6) is 0.503. The molecular weight excluding hydrogens is 397 g/mol. The van der Waals surface area contributed by atoms with E-state index in [2.05, 4.69) is 10.1 Å². The number of halogens is 3. The van der Waals surface area contributed by atoms with Crippen LogP contribution < -0.4 is 0 Å². The minimum atomic E-state index is -4.46. The summed E-state index contributed by atoms with van der Waals surface area (Å²) in [6.45, 7) is 6.00. The van der Waals surface area contributed by atoms with E-state index in [1.54, 1.807) is 30.3 Å². The summed E-state index contributed by atoms with van der Waals surface area (Å²) in [6, 6.07) is 9.97. The van der Waals surface area contributed by atoms with Gasteiger partial charge in [-0.25, -0.2) is 0 Å². The molecule has 1 aromatic carbocycles. The first kappa shape index (κ1) is 21.0. The summed E-state index contributed by atoms with van der Waals surface area (Å²) in [4.78, 5) is 3.97. The first-order valence-corrected chi connectivity index (χ1v) is 10.2. The molecule has 0 fully saturated rings. The highest BCUT2D eigenvalue weighted by Gasteiger charge is 2.37. The Balaban J connectivity index is 0.00000117. The Labute approximate surface area is 171 Å². The molecule has 0 amide bonds. The molecule has 2 aromatic heterocycles. The Kier molecular flexibility index (Phi) is 6.37. The predicted molar refractivity (Wildman–Crippen MR) is 110 cm³/mol. The number of benzene rings is 1. The Morgan fingerprint density at radius 1 is 1.10 bits per heavy atom. The molecule has 0 spiro atoms. The van der Waals surface area contributed by atoms with Crippen molar-refractivity contribution in [2.75, 3.05) is 0 Å². The average Bonchev–Trinajstić information content (AvgIpc) is 3.38. The first-order chi connectivity index (χ1) is 13.9. The average molecular weight is 418 g/mol. The fourth-order valence-corrected chi connectivity index (χ4v) is 3.98. The highest BCUT2D eigenvalue weighted by Crippen LogP contribution is 2.45. The van der Waals surface area contributed by atoms with Gasteiger partial charge in [-0.2, -0.15) is 18.2 Å². The van der Waals surface area contributed by atoms with Crippen LogP contribution in [0.25, 0.3) is 27.5 Å². The molecule has 152 valence electrons. The van der Waals surface area contributed by atoms with Gasteiger partial charge in [0.2, 0.25) is 5.82 Å². The summed E-state index contributed by atoms with van der Waals surface area (Å²) in [7, 11) is 0. The first-order valence-electron chi connectivity index (χ1n) is 9.40. The fourth-order valence-electron chi connectivity index (χ4n) is 3.02. The molecule has 1 aliphatic carbocycles. The third kappa shape index (κ3) is 4.50. The molecule has 0 radical (unpaired) electrons. The maximum Gasteiger partial charge on any atom is 0.426 e. The van der Waals surface area contributed by atoms with E-state index in [4.69, 9.17) is 4.52 Å². The van der Waals surface area contributed by atoms with Crippen LogP contribution in [0.15, 0.2) is 58.6 Å². The van der Waals surface area contributed by atoms with Crippen LogP contribution in [-0.2, 0) is 6.18 Å². The molecule has 4 rings (SSSR count). The van der Waals surface area contributed by atoms with Gasteiger partial charge in [-0.3, -0.25) is 0 Å². The second-order valence-electron chi connectivity index (χ2n) is 6.28. The SMILES string of the molecule is CC.CC1=C(c2noc(-c3cc(-c4ccccc4)c(C(F)(F)F)s3)n2)C=CCC1. The number of thiophene rings is 1. The van der Waals surface area contributed by atoms with E-state index in [1.807, 2.05) is 32.9 Å². The number of rotatable bonds is 3.